The third kappa shape index (κ3) is 4.49. The Balaban J connectivity index is 1.43. The molecule has 2 aliphatic carbocycles. The van der Waals surface area contributed by atoms with E-state index in [1.165, 1.54) is 0 Å². The number of nitrogens with zero attached hydrogens (tertiary/aromatic N) is 2. The Kier molecular flexibility index (Phi) is 6.04. The van der Waals surface area contributed by atoms with Gasteiger partial charge in [0.25, 0.3) is 5.91 Å². The highest BCUT2D eigenvalue weighted by atomic mass is 35.5. The van der Waals surface area contributed by atoms with Gasteiger partial charge in [0.2, 0.25) is 5.91 Å². The van der Waals surface area contributed by atoms with E-state index in [-0.39, 0.29) is 17.7 Å². The molecule has 1 aromatic carbocycles. The summed E-state index contributed by atoms with van der Waals surface area (Å²) in [6, 6.07) is 9.33. The van der Waals surface area contributed by atoms with Gasteiger partial charge < -0.3 is 10.6 Å². The highest BCUT2D eigenvalue weighted by Crippen LogP contribution is 2.28. The van der Waals surface area contributed by atoms with Crippen molar-refractivity contribution in [3.8, 4) is 11.3 Å². The molecule has 2 aliphatic rings. The van der Waals surface area contributed by atoms with Crippen LogP contribution >= 0.6 is 11.6 Å². The number of hydrogen-bond acceptors (Lipinski definition) is 3. The molecule has 4 rings (SSSR count). The molecule has 0 bridgehead atoms. The van der Waals surface area contributed by atoms with Crippen LogP contribution in [-0.2, 0) is 16.6 Å². The average molecular weight is 425 g/mol. The summed E-state index contributed by atoms with van der Waals surface area (Å²) in [4.78, 5) is 24.8. The van der Waals surface area contributed by atoms with Crippen molar-refractivity contribution in [2.75, 3.05) is 10.6 Å². The number of carbonyl (C=O) groups excluding carboxylic acids is 2. The smallest absolute Gasteiger partial charge is 0.256 e. The van der Waals surface area contributed by atoms with Crippen molar-refractivity contribution in [2.24, 2.45) is 13.0 Å². The van der Waals surface area contributed by atoms with Gasteiger partial charge in [-0.05, 0) is 37.8 Å². The molecule has 1 heterocycles. The zero-order valence-electron chi connectivity index (χ0n) is 17.0. The molecule has 6 nitrogen and oxygen atoms in total. The fourth-order valence-corrected chi connectivity index (χ4v) is 4.18. The monoisotopic (exact) mass is 424 g/mol. The molecule has 1 saturated carbocycles. The lowest BCUT2D eigenvalue weighted by Gasteiger charge is -2.11. The maximum absolute atomic E-state index is 12.4. The Hall–Kier alpha value is -2.86. The van der Waals surface area contributed by atoms with E-state index in [0.717, 1.165) is 49.8 Å². The number of aromatic nitrogens is 2. The second-order valence-electron chi connectivity index (χ2n) is 7.79. The van der Waals surface area contributed by atoms with Crippen molar-refractivity contribution in [3.63, 3.8) is 0 Å². The first kappa shape index (κ1) is 20.4. The molecule has 2 N–H and O–H groups in total. The molecule has 0 unspecified atom stereocenters. The quantitative estimate of drug-likeness (QED) is 0.709. The first-order valence-corrected chi connectivity index (χ1v) is 10.7. The third-order valence-corrected chi connectivity index (χ3v) is 5.99. The highest BCUT2D eigenvalue weighted by Gasteiger charge is 2.23. The SMILES string of the molecule is Cn1nc(-c2ccc(NC(=O)C3=CCCC=C3Cl)cc2)cc1NC(=O)C1CCCC1. The zero-order chi connectivity index (χ0) is 21.1. The van der Waals surface area contributed by atoms with Crippen LogP contribution < -0.4 is 10.6 Å². The lowest BCUT2D eigenvalue weighted by atomic mass is 10.1. The van der Waals surface area contributed by atoms with Gasteiger partial charge in [-0.2, -0.15) is 5.10 Å². The van der Waals surface area contributed by atoms with Gasteiger partial charge in [-0.1, -0.05) is 48.7 Å². The number of nitrogens with one attached hydrogen (secondary N) is 2. The van der Waals surface area contributed by atoms with E-state index in [4.69, 9.17) is 11.6 Å². The molecule has 1 fully saturated rings. The van der Waals surface area contributed by atoms with Crippen LogP contribution in [0.4, 0.5) is 11.5 Å². The predicted molar refractivity (Wildman–Crippen MR) is 119 cm³/mol. The lowest BCUT2D eigenvalue weighted by molar-refractivity contribution is -0.119. The number of aryl methyl sites for hydroxylation is 1. The van der Waals surface area contributed by atoms with Gasteiger partial charge in [0.15, 0.2) is 0 Å². The number of anilines is 2. The predicted octanol–water partition coefficient (Wildman–Crippen LogP) is 5.00. The van der Waals surface area contributed by atoms with Crippen LogP contribution in [0.2, 0.25) is 0 Å². The van der Waals surface area contributed by atoms with Crippen LogP contribution in [0.5, 0.6) is 0 Å². The van der Waals surface area contributed by atoms with E-state index in [2.05, 4.69) is 15.7 Å². The summed E-state index contributed by atoms with van der Waals surface area (Å²) in [5.41, 5.74) is 2.86. The molecule has 0 aliphatic heterocycles. The summed E-state index contributed by atoms with van der Waals surface area (Å²) in [7, 11) is 1.82. The van der Waals surface area contributed by atoms with E-state index >= 15 is 0 Å². The Bertz CT molecular complexity index is 1010. The van der Waals surface area contributed by atoms with Crippen LogP contribution in [0.15, 0.2) is 53.1 Å². The molecule has 30 heavy (non-hydrogen) atoms. The van der Waals surface area contributed by atoms with Crippen LogP contribution in [0, 0.1) is 5.92 Å². The summed E-state index contributed by atoms with van der Waals surface area (Å²) in [5, 5.41) is 10.9. The molecule has 0 radical (unpaired) electrons. The van der Waals surface area contributed by atoms with Gasteiger partial charge in [0.05, 0.1) is 11.3 Å². The van der Waals surface area contributed by atoms with Crippen molar-refractivity contribution in [2.45, 2.75) is 38.5 Å². The van der Waals surface area contributed by atoms with E-state index in [1.54, 1.807) is 4.68 Å². The Morgan fingerprint density at radius 3 is 2.47 bits per heavy atom. The van der Waals surface area contributed by atoms with E-state index in [1.807, 2.05) is 49.5 Å². The minimum Gasteiger partial charge on any atom is -0.322 e. The van der Waals surface area contributed by atoms with Gasteiger partial charge in [0, 0.05) is 35.3 Å². The van der Waals surface area contributed by atoms with Gasteiger partial charge >= 0.3 is 0 Å². The fourth-order valence-electron chi connectivity index (χ4n) is 3.91. The van der Waals surface area contributed by atoms with E-state index < -0.39 is 0 Å². The number of halogens is 1. The molecular formula is C23H25ClN4O2. The second-order valence-corrected chi connectivity index (χ2v) is 8.19. The van der Waals surface area contributed by atoms with Crippen LogP contribution in [0.1, 0.15) is 38.5 Å². The molecule has 0 saturated heterocycles. The summed E-state index contributed by atoms with van der Waals surface area (Å²) in [6.45, 7) is 0. The molecular weight excluding hydrogens is 400 g/mol. The van der Waals surface area contributed by atoms with Crippen molar-refractivity contribution in [3.05, 3.63) is 53.1 Å². The summed E-state index contributed by atoms with van der Waals surface area (Å²) in [6.07, 6.45) is 9.57. The molecule has 7 heteroatoms. The Morgan fingerprint density at radius 2 is 1.77 bits per heavy atom. The van der Waals surface area contributed by atoms with Crippen molar-refractivity contribution in [1.82, 2.24) is 9.78 Å². The minimum absolute atomic E-state index is 0.0739. The van der Waals surface area contributed by atoms with Crippen molar-refractivity contribution in [1.29, 1.82) is 0 Å². The number of rotatable bonds is 5. The first-order chi connectivity index (χ1) is 14.5. The van der Waals surface area contributed by atoms with Gasteiger partial charge in [-0.15, -0.1) is 0 Å². The number of amides is 2. The summed E-state index contributed by atoms with van der Waals surface area (Å²) >= 11 is 6.14. The second kappa shape index (κ2) is 8.88. The lowest BCUT2D eigenvalue weighted by Crippen LogP contribution is -2.21. The van der Waals surface area contributed by atoms with Crippen LogP contribution in [0.3, 0.4) is 0 Å². The minimum atomic E-state index is -0.210. The highest BCUT2D eigenvalue weighted by molar-refractivity contribution is 6.36. The van der Waals surface area contributed by atoms with E-state index in [0.29, 0.717) is 22.1 Å². The fraction of sp³-hybridized carbons (Fsp3) is 0.348. The Morgan fingerprint density at radius 1 is 1.07 bits per heavy atom. The van der Waals surface area contributed by atoms with Gasteiger partial charge in [0.1, 0.15) is 5.82 Å². The van der Waals surface area contributed by atoms with Crippen LogP contribution in [0.25, 0.3) is 11.3 Å². The number of carbonyl (C=O) groups is 2. The maximum Gasteiger partial charge on any atom is 0.256 e. The van der Waals surface area contributed by atoms with Crippen LogP contribution in [-0.4, -0.2) is 21.6 Å². The first-order valence-electron chi connectivity index (χ1n) is 10.3. The largest absolute Gasteiger partial charge is 0.322 e. The van der Waals surface area contributed by atoms with Crippen molar-refractivity contribution < 1.29 is 9.59 Å². The topological polar surface area (TPSA) is 76.0 Å². The molecule has 2 aromatic rings. The third-order valence-electron chi connectivity index (χ3n) is 5.64. The van der Waals surface area contributed by atoms with Gasteiger partial charge in [-0.3, -0.25) is 14.3 Å². The normalized spacial score (nSPS) is 16.7. The Labute approximate surface area is 181 Å². The number of allylic oxidation sites excluding steroid dienone is 2. The van der Waals surface area contributed by atoms with Crippen molar-refractivity contribution >= 4 is 34.9 Å². The van der Waals surface area contributed by atoms with E-state index in [9.17, 15) is 9.59 Å². The number of hydrogen-bond donors (Lipinski definition) is 2. The average Bonchev–Trinajstić information content (AvgIpc) is 3.39. The standard InChI is InChI=1S/C23H25ClN4O2/c1-28-21(26-22(29)16-6-2-3-7-16)14-20(27-28)15-10-12-17(13-11-15)25-23(30)18-8-4-5-9-19(18)24/h8-14,16H,2-7H2,1H3,(H,25,30)(H,26,29). The molecule has 0 atom stereocenters. The molecule has 0 spiro atoms. The number of benzene rings is 1. The summed E-state index contributed by atoms with van der Waals surface area (Å²) in [5.74, 6) is 0.655. The molecule has 2 amide bonds. The molecule has 156 valence electrons. The summed E-state index contributed by atoms with van der Waals surface area (Å²) < 4.78 is 1.68. The zero-order valence-corrected chi connectivity index (χ0v) is 17.7. The van der Waals surface area contributed by atoms with Gasteiger partial charge in [-0.25, -0.2) is 0 Å². The maximum atomic E-state index is 12.4. The molecule has 1 aromatic heterocycles.